The number of carbonyl (C=O) groups excluding carboxylic acids is 2. The van der Waals surface area contributed by atoms with Crippen LogP contribution in [0.1, 0.15) is 37.4 Å². The van der Waals surface area contributed by atoms with Crippen molar-refractivity contribution >= 4 is 28.5 Å². The number of aryl methyl sites for hydroxylation is 1. The molecule has 0 aliphatic heterocycles. The first-order valence-corrected chi connectivity index (χ1v) is 12.7. The van der Waals surface area contributed by atoms with Gasteiger partial charge in [0.05, 0.1) is 23.1 Å². The summed E-state index contributed by atoms with van der Waals surface area (Å²) < 4.78 is 0. The molecule has 1 heterocycles. The van der Waals surface area contributed by atoms with Gasteiger partial charge >= 0.3 is 0 Å². The molecule has 0 aliphatic carbocycles. The lowest BCUT2D eigenvalue weighted by molar-refractivity contribution is 0.0785. The molecule has 0 spiro atoms. The fraction of sp³-hybridized carbons (Fsp3) is 0.125. The van der Waals surface area contributed by atoms with Crippen LogP contribution < -0.4 is 4.90 Å². The largest absolute Gasteiger partial charge is 0.508 e. The first-order valence-electron chi connectivity index (χ1n) is 12.7. The van der Waals surface area contributed by atoms with E-state index >= 15 is 0 Å². The van der Waals surface area contributed by atoms with Crippen molar-refractivity contribution in [1.82, 2.24) is 14.9 Å². The van der Waals surface area contributed by atoms with Crippen LogP contribution in [0.2, 0.25) is 0 Å². The zero-order valence-corrected chi connectivity index (χ0v) is 22.2. The van der Waals surface area contributed by atoms with E-state index in [-0.39, 0.29) is 29.5 Å². The molecule has 40 heavy (non-hydrogen) atoms. The van der Waals surface area contributed by atoms with Gasteiger partial charge in [0.25, 0.3) is 11.8 Å². The maximum atomic E-state index is 13.7. The first-order chi connectivity index (χ1) is 19.3. The third-order valence-electron chi connectivity index (χ3n) is 6.70. The standard InChI is InChI=1S/C32H28N4O4/c1-21-16-26(30(38)18-29(21)37)32(40)36(20-22-6-4-3-5-7-22)25-11-9-24(10-12-25)31(39)35(2)19-23-8-13-27-28(17-23)34-15-14-33-27/h3-18,37-38H,19-20H2,1-2H3. The van der Waals surface area contributed by atoms with E-state index in [1.165, 1.54) is 17.0 Å². The number of nitrogens with zero attached hydrogens (tertiary/aromatic N) is 4. The van der Waals surface area contributed by atoms with Gasteiger partial charge in [0.15, 0.2) is 0 Å². The normalized spacial score (nSPS) is 10.8. The molecule has 0 atom stereocenters. The monoisotopic (exact) mass is 532 g/mol. The van der Waals surface area contributed by atoms with E-state index in [1.54, 1.807) is 55.5 Å². The number of hydrogen-bond donors (Lipinski definition) is 2. The van der Waals surface area contributed by atoms with Crippen molar-refractivity contribution in [3.05, 3.63) is 125 Å². The van der Waals surface area contributed by atoms with Crippen LogP contribution in [0.5, 0.6) is 11.5 Å². The third kappa shape index (κ3) is 5.61. The Bertz CT molecular complexity index is 1690. The summed E-state index contributed by atoms with van der Waals surface area (Å²) in [6.07, 6.45) is 3.28. The second-order valence-electron chi connectivity index (χ2n) is 9.62. The van der Waals surface area contributed by atoms with Crippen LogP contribution in [0, 0.1) is 6.92 Å². The Labute approximate surface area is 231 Å². The molecular weight excluding hydrogens is 504 g/mol. The quantitative estimate of drug-likeness (QED) is 0.288. The lowest BCUT2D eigenvalue weighted by Crippen LogP contribution is -2.31. The van der Waals surface area contributed by atoms with Gasteiger partial charge in [0.1, 0.15) is 11.5 Å². The smallest absolute Gasteiger partial charge is 0.262 e. The number of amides is 2. The summed E-state index contributed by atoms with van der Waals surface area (Å²) in [6.45, 7) is 2.30. The highest BCUT2D eigenvalue weighted by Crippen LogP contribution is 2.30. The van der Waals surface area contributed by atoms with Gasteiger partial charge in [-0.2, -0.15) is 0 Å². The van der Waals surface area contributed by atoms with Gasteiger partial charge in [-0.3, -0.25) is 19.6 Å². The van der Waals surface area contributed by atoms with E-state index in [0.717, 1.165) is 22.2 Å². The van der Waals surface area contributed by atoms with E-state index in [9.17, 15) is 19.8 Å². The van der Waals surface area contributed by atoms with Gasteiger partial charge in [-0.05, 0) is 66.1 Å². The Morgan fingerprint density at radius 2 is 1.43 bits per heavy atom. The predicted molar refractivity (Wildman–Crippen MR) is 153 cm³/mol. The molecule has 0 saturated carbocycles. The Hall–Kier alpha value is -5.24. The van der Waals surface area contributed by atoms with Crippen LogP contribution in [-0.2, 0) is 13.1 Å². The van der Waals surface area contributed by atoms with Crippen molar-refractivity contribution in [3.8, 4) is 11.5 Å². The number of hydrogen-bond acceptors (Lipinski definition) is 6. The molecule has 200 valence electrons. The van der Waals surface area contributed by atoms with Gasteiger partial charge in [-0.1, -0.05) is 36.4 Å². The number of fused-ring (bicyclic) bond motifs is 1. The van der Waals surface area contributed by atoms with Crippen LogP contribution in [0.25, 0.3) is 11.0 Å². The van der Waals surface area contributed by atoms with Crippen LogP contribution in [0.3, 0.4) is 0 Å². The first kappa shape index (κ1) is 26.4. The number of phenolic OH excluding ortho intramolecular Hbond substituents is 2. The molecule has 8 heteroatoms. The van der Waals surface area contributed by atoms with Gasteiger partial charge in [-0.25, -0.2) is 0 Å². The second kappa shape index (κ2) is 11.2. The minimum atomic E-state index is -0.431. The van der Waals surface area contributed by atoms with E-state index in [4.69, 9.17) is 0 Å². The summed E-state index contributed by atoms with van der Waals surface area (Å²) in [6, 6.07) is 24.7. The summed E-state index contributed by atoms with van der Waals surface area (Å²) in [5, 5.41) is 20.4. The number of aromatic nitrogens is 2. The van der Waals surface area contributed by atoms with Gasteiger partial charge < -0.3 is 20.0 Å². The summed E-state index contributed by atoms with van der Waals surface area (Å²) in [7, 11) is 1.73. The third-order valence-corrected chi connectivity index (χ3v) is 6.70. The van der Waals surface area contributed by atoms with Crippen molar-refractivity contribution in [3.63, 3.8) is 0 Å². The average Bonchev–Trinajstić information content (AvgIpc) is 2.97. The molecule has 4 aromatic carbocycles. The van der Waals surface area contributed by atoms with Crippen molar-refractivity contribution in [2.24, 2.45) is 0 Å². The minimum absolute atomic E-state index is 0.0752. The summed E-state index contributed by atoms with van der Waals surface area (Å²) >= 11 is 0. The molecule has 5 aromatic rings. The molecule has 2 N–H and O–H groups in total. The maximum absolute atomic E-state index is 13.7. The lowest BCUT2D eigenvalue weighted by Gasteiger charge is -2.24. The average molecular weight is 533 g/mol. The number of carbonyl (C=O) groups is 2. The molecule has 1 aromatic heterocycles. The Morgan fingerprint density at radius 3 is 2.15 bits per heavy atom. The SMILES string of the molecule is Cc1cc(C(=O)N(Cc2ccccc2)c2ccc(C(=O)N(C)Cc3ccc4nccnc4c3)cc2)c(O)cc1O. The summed E-state index contributed by atoms with van der Waals surface area (Å²) in [4.78, 5) is 38.6. The highest BCUT2D eigenvalue weighted by molar-refractivity contribution is 6.08. The van der Waals surface area contributed by atoms with Crippen molar-refractivity contribution < 1.29 is 19.8 Å². The van der Waals surface area contributed by atoms with Crippen LogP contribution in [0.4, 0.5) is 5.69 Å². The Morgan fingerprint density at radius 1 is 0.725 bits per heavy atom. The Kier molecular flexibility index (Phi) is 7.41. The number of rotatable bonds is 7. The zero-order valence-electron chi connectivity index (χ0n) is 22.2. The van der Waals surface area contributed by atoms with E-state index < -0.39 is 5.91 Å². The fourth-order valence-electron chi connectivity index (χ4n) is 4.51. The molecule has 0 fully saturated rings. The molecule has 2 amide bonds. The molecule has 0 saturated heterocycles. The highest BCUT2D eigenvalue weighted by Gasteiger charge is 2.23. The van der Waals surface area contributed by atoms with Gasteiger partial charge in [0, 0.05) is 43.3 Å². The van der Waals surface area contributed by atoms with E-state index in [2.05, 4.69) is 9.97 Å². The molecule has 0 bridgehead atoms. The molecule has 5 rings (SSSR count). The summed E-state index contributed by atoms with van der Waals surface area (Å²) in [5.74, 6) is -0.995. The molecule has 0 aliphatic rings. The molecule has 8 nitrogen and oxygen atoms in total. The van der Waals surface area contributed by atoms with Gasteiger partial charge in [-0.15, -0.1) is 0 Å². The number of aromatic hydroxyl groups is 2. The molecule has 0 unspecified atom stereocenters. The number of phenols is 2. The lowest BCUT2D eigenvalue weighted by atomic mass is 10.1. The second-order valence-corrected chi connectivity index (χ2v) is 9.62. The van der Waals surface area contributed by atoms with Crippen LogP contribution in [-0.4, -0.2) is 43.9 Å². The molecular formula is C32H28N4O4. The number of benzene rings is 4. The van der Waals surface area contributed by atoms with Crippen molar-refractivity contribution in [2.75, 3.05) is 11.9 Å². The van der Waals surface area contributed by atoms with Crippen molar-refractivity contribution in [2.45, 2.75) is 20.0 Å². The van der Waals surface area contributed by atoms with E-state index in [1.807, 2.05) is 48.5 Å². The van der Waals surface area contributed by atoms with Crippen molar-refractivity contribution in [1.29, 1.82) is 0 Å². The predicted octanol–water partition coefficient (Wildman–Crippen LogP) is 5.47. The van der Waals surface area contributed by atoms with E-state index in [0.29, 0.717) is 23.4 Å². The van der Waals surface area contributed by atoms with Gasteiger partial charge in [0.2, 0.25) is 0 Å². The zero-order chi connectivity index (χ0) is 28.2. The minimum Gasteiger partial charge on any atom is -0.508 e. The van der Waals surface area contributed by atoms with Crippen LogP contribution in [0.15, 0.2) is 97.3 Å². The fourth-order valence-corrected chi connectivity index (χ4v) is 4.51. The van der Waals surface area contributed by atoms with Crippen LogP contribution >= 0.6 is 0 Å². The highest BCUT2D eigenvalue weighted by atomic mass is 16.3. The summed E-state index contributed by atoms with van der Waals surface area (Å²) in [5.41, 5.74) is 4.97. The number of anilines is 1. The topological polar surface area (TPSA) is 107 Å². The molecule has 0 radical (unpaired) electrons. The maximum Gasteiger partial charge on any atom is 0.262 e. The Balaban J connectivity index is 1.39.